The third kappa shape index (κ3) is 3.35. The maximum Gasteiger partial charge on any atom is 0.255 e. The largest absolute Gasteiger partial charge is 0.348 e. The Kier molecular flexibility index (Phi) is 4.70. The van der Waals surface area contributed by atoms with Crippen molar-refractivity contribution in [2.75, 3.05) is 0 Å². The van der Waals surface area contributed by atoms with Gasteiger partial charge in [-0.1, -0.05) is 24.6 Å². The fourth-order valence-electron chi connectivity index (χ4n) is 2.59. The van der Waals surface area contributed by atoms with E-state index in [4.69, 9.17) is 0 Å². The van der Waals surface area contributed by atoms with Gasteiger partial charge in [0, 0.05) is 18.9 Å². The van der Waals surface area contributed by atoms with E-state index >= 15 is 0 Å². The molecule has 3 aromatic rings. The highest BCUT2D eigenvalue weighted by Crippen LogP contribution is 2.16. The van der Waals surface area contributed by atoms with Crippen molar-refractivity contribution in [1.29, 1.82) is 0 Å². The van der Waals surface area contributed by atoms with Crippen LogP contribution in [0.1, 0.15) is 34.1 Å². The number of carbonyl (C=O) groups is 1. The second kappa shape index (κ2) is 7.08. The zero-order chi connectivity index (χ0) is 16.9. The van der Waals surface area contributed by atoms with Crippen LogP contribution in [0.5, 0.6) is 0 Å². The van der Waals surface area contributed by atoms with E-state index in [-0.39, 0.29) is 5.91 Å². The Balaban J connectivity index is 1.81. The highest BCUT2D eigenvalue weighted by atomic mass is 16.1. The van der Waals surface area contributed by atoms with Gasteiger partial charge in [0.05, 0.1) is 23.1 Å². The molecule has 1 amide bonds. The molecule has 1 aromatic carbocycles. The SMILES string of the molecule is CCc1c(C(=O)NCc2ccncc2)cnn1-c1ccc(C)cc1. The summed E-state index contributed by atoms with van der Waals surface area (Å²) in [6.07, 6.45) is 5.80. The average Bonchev–Trinajstić information content (AvgIpc) is 3.05. The molecular formula is C19H20N4O. The molecule has 0 radical (unpaired) electrons. The number of rotatable bonds is 5. The molecule has 0 aliphatic rings. The van der Waals surface area contributed by atoms with Gasteiger partial charge in [-0.2, -0.15) is 5.10 Å². The van der Waals surface area contributed by atoms with Gasteiger partial charge in [0.2, 0.25) is 0 Å². The van der Waals surface area contributed by atoms with Gasteiger partial charge in [-0.15, -0.1) is 0 Å². The van der Waals surface area contributed by atoms with Gasteiger partial charge in [0.1, 0.15) is 0 Å². The molecule has 2 heterocycles. The Morgan fingerprint density at radius 2 is 1.83 bits per heavy atom. The summed E-state index contributed by atoms with van der Waals surface area (Å²) >= 11 is 0. The molecule has 5 heteroatoms. The summed E-state index contributed by atoms with van der Waals surface area (Å²) in [6.45, 7) is 4.55. The van der Waals surface area contributed by atoms with Crippen LogP contribution < -0.4 is 5.32 Å². The van der Waals surface area contributed by atoms with E-state index < -0.39 is 0 Å². The minimum Gasteiger partial charge on any atom is -0.348 e. The quantitative estimate of drug-likeness (QED) is 0.786. The Morgan fingerprint density at radius 1 is 1.12 bits per heavy atom. The third-order valence-corrected chi connectivity index (χ3v) is 3.93. The molecule has 5 nitrogen and oxygen atoms in total. The summed E-state index contributed by atoms with van der Waals surface area (Å²) in [5.41, 5.74) is 4.70. The van der Waals surface area contributed by atoms with Gasteiger partial charge in [-0.3, -0.25) is 9.78 Å². The molecule has 24 heavy (non-hydrogen) atoms. The molecular weight excluding hydrogens is 300 g/mol. The number of aryl methyl sites for hydroxylation is 1. The second-order valence-electron chi connectivity index (χ2n) is 5.64. The molecule has 0 aliphatic carbocycles. The average molecular weight is 320 g/mol. The monoisotopic (exact) mass is 320 g/mol. The number of aromatic nitrogens is 3. The van der Waals surface area contributed by atoms with Crippen LogP contribution in [0.3, 0.4) is 0 Å². The van der Waals surface area contributed by atoms with E-state index in [1.54, 1.807) is 18.6 Å². The summed E-state index contributed by atoms with van der Waals surface area (Å²) in [5, 5.41) is 7.35. The lowest BCUT2D eigenvalue weighted by Crippen LogP contribution is -2.23. The smallest absolute Gasteiger partial charge is 0.255 e. The fraction of sp³-hybridized carbons (Fsp3) is 0.211. The highest BCUT2D eigenvalue weighted by Gasteiger charge is 2.16. The molecule has 0 fully saturated rings. The Labute approximate surface area is 141 Å². The van der Waals surface area contributed by atoms with Gasteiger partial charge < -0.3 is 5.32 Å². The van der Waals surface area contributed by atoms with Crippen molar-refractivity contribution in [2.45, 2.75) is 26.8 Å². The normalized spacial score (nSPS) is 10.6. The first-order valence-electron chi connectivity index (χ1n) is 8.00. The number of hydrogen-bond donors (Lipinski definition) is 1. The third-order valence-electron chi connectivity index (χ3n) is 3.93. The van der Waals surface area contributed by atoms with E-state index in [1.807, 2.05) is 54.9 Å². The van der Waals surface area contributed by atoms with Gasteiger partial charge in [0.25, 0.3) is 5.91 Å². The van der Waals surface area contributed by atoms with Crippen LogP contribution in [0.4, 0.5) is 0 Å². The van der Waals surface area contributed by atoms with Crippen molar-refractivity contribution in [2.24, 2.45) is 0 Å². The Hall–Kier alpha value is -2.95. The number of benzene rings is 1. The minimum atomic E-state index is -0.109. The van der Waals surface area contributed by atoms with E-state index in [0.717, 1.165) is 23.4 Å². The lowest BCUT2D eigenvalue weighted by molar-refractivity contribution is 0.0950. The first kappa shape index (κ1) is 15.9. The molecule has 122 valence electrons. The molecule has 0 atom stereocenters. The summed E-state index contributed by atoms with van der Waals surface area (Å²) in [7, 11) is 0. The van der Waals surface area contributed by atoms with Gasteiger partial charge in [-0.25, -0.2) is 4.68 Å². The summed E-state index contributed by atoms with van der Waals surface area (Å²) in [6, 6.07) is 11.9. The maximum atomic E-state index is 12.5. The van der Waals surface area contributed by atoms with Crippen molar-refractivity contribution in [3.63, 3.8) is 0 Å². The number of pyridine rings is 1. The molecule has 3 rings (SSSR count). The van der Waals surface area contributed by atoms with Crippen LogP contribution in [0.25, 0.3) is 5.69 Å². The van der Waals surface area contributed by atoms with E-state index in [0.29, 0.717) is 12.1 Å². The van der Waals surface area contributed by atoms with Crippen molar-refractivity contribution < 1.29 is 4.79 Å². The number of hydrogen-bond acceptors (Lipinski definition) is 3. The summed E-state index contributed by atoms with van der Waals surface area (Å²) in [5.74, 6) is -0.109. The fourth-order valence-corrected chi connectivity index (χ4v) is 2.59. The lowest BCUT2D eigenvalue weighted by Gasteiger charge is -2.09. The standard InChI is InChI=1S/C19H20N4O/c1-3-18-17(19(24)21-12-15-8-10-20-11-9-15)13-22-23(18)16-6-4-14(2)5-7-16/h4-11,13H,3,12H2,1-2H3,(H,21,24). The van der Waals surface area contributed by atoms with E-state index in [2.05, 4.69) is 15.4 Å². The second-order valence-corrected chi connectivity index (χ2v) is 5.64. The van der Waals surface area contributed by atoms with Crippen molar-refractivity contribution in [3.8, 4) is 5.69 Å². The molecule has 0 saturated carbocycles. The predicted octanol–water partition coefficient (Wildman–Crippen LogP) is 3.07. The zero-order valence-corrected chi connectivity index (χ0v) is 13.9. The Bertz CT molecular complexity index is 822. The number of carbonyl (C=O) groups excluding carboxylic acids is 1. The maximum absolute atomic E-state index is 12.5. The summed E-state index contributed by atoms with van der Waals surface area (Å²) in [4.78, 5) is 16.5. The van der Waals surface area contributed by atoms with Gasteiger partial charge in [-0.05, 0) is 43.2 Å². The molecule has 0 spiro atoms. The molecule has 0 saturated heterocycles. The van der Waals surface area contributed by atoms with Crippen molar-refractivity contribution in [3.05, 3.63) is 77.4 Å². The number of nitrogens with one attached hydrogen (secondary N) is 1. The zero-order valence-electron chi connectivity index (χ0n) is 13.9. The van der Waals surface area contributed by atoms with Crippen molar-refractivity contribution >= 4 is 5.91 Å². The summed E-state index contributed by atoms with van der Waals surface area (Å²) < 4.78 is 1.83. The lowest BCUT2D eigenvalue weighted by atomic mass is 10.1. The van der Waals surface area contributed by atoms with Gasteiger partial charge in [0.15, 0.2) is 0 Å². The molecule has 0 unspecified atom stereocenters. The first-order valence-corrected chi connectivity index (χ1v) is 8.00. The van der Waals surface area contributed by atoms with Gasteiger partial charge >= 0.3 is 0 Å². The van der Waals surface area contributed by atoms with Crippen LogP contribution in [-0.4, -0.2) is 20.7 Å². The minimum absolute atomic E-state index is 0.109. The highest BCUT2D eigenvalue weighted by molar-refractivity contribution is 5.95. The van der Waals surface area contributed by atoms with E-state index in [1.165, 1.54) is 5.56 Å². The predicted molar refractivity (Wildman–Crippen MR) is 93.1 cm³/mol. The Morgan fingerprint density at radius 3 is 2.50 bits per heavy atom. The van der Waals surface area contributed by atoms with Crippen LogP contribution in [-0.2, 0) is 13.0 Å². The van der Waals surface area contributed by atoms with Crippen LogP contribution in [0.15, 0.2) is 55.0 Å². The topological polar surface area (TPSA) is 59.8 Å². The molecule has 0 bridgehead atoms. The number of amides is 1. The molecule has 1 N–H and O–H groups in total. The van der Waals surface area contributed by atoms with Crippen molar-refractivity contribution in [1.82, 2.24) is 20.1 Å². The van der Waals surface area contributed by atoms with Crippen LogP contribution in [0, 0.1) is 6.92 Å². The molecule has 0 aliphatic heterocycles. The van der Waals surface area contributed by atoms with E-state index in [9.17, 15) is 4.79 Å². The first-order chi connectivity index (χ1) is 11.7. The van der Waals surface area contributed by atoms with Crippen LogP contribution in [0.2, 0.25) is 0 Å². The molecule has 2 aromatic heterocycles. The number of nitrogens with zero attached hydrogens (tertiary/aromatic N) is 3. The van der Waals surface area contributed by atoms with Crippen LogP contribution >= 0.6 is 0 Å².